The number of nitrogens with zero attached hydrogens (tertiary/aromatic N) is 2. The summed E-state index contributed by atoms with van der Waals surface area (Å²) in [7, 11) is 0. The van der Waals surface area contributed by atoms with Gasteiger partial charge in [-0.25, -0.2) is 0 Å². The number of aromatic amines is 1. The summed E-state index contributed by atoms with van der Waals surface area (Å²) in [6.45, 7) is 0. The van der Waals surface area contributed by atoms with Crippen LogP contribution in [0.1, 0.15) is 17.3 Å². The number of rotatable bonds is 4. The van der Waals surface area contributed by atoms with E-state index in [1.807, 2.05) is 54.6 Å². The van der Waals surface area contributed by atoms with Crippen LogP contribution in [-0.4, -0.2) is 15.2 Å². The molecule has 0 amide bonds. The zero-order valence-corrected chi connectivity index (χ0v) is 17.8. The average Bonchev–Trinajstić information content (AvgIpc) is 2.79. The third-order valence-electron chi connectivity index (χ3n) is 5.09. The Bertz CT molecular complexity index is 1330. The third kappa shape index (κ3) is 3.78. The molecule has 3 aromatic carbocycles. The monoisotopic (exact) mass is 449 g/mol. The van der Waals surface area contributed by atoms with Crippen molar-refractivity contribution < 1.29 is 9.79 Å². The summed E-state index contributed by atoms with van der Waals surface area (Å²) in [5.41, 5.74) is 3.77. The van der Waals surface area contributed by atoms with Crippen LogP contribution >= 0.6 is 23.4 Å². The van der Waals surface area contributed by atoms with Crippen molar-refractivity contribution in [2.75, 3.05) is 5.32 Å². The van der Waals surface area contributed by atoms with Gasteiger partial charge in [-0.3, -0.25) is 9.78 Å². The Hall–Kier alpha value is -3.29. The summed E-state index contributed by atoms with van der Waals surface area (Å²) in [6, 6.07) is 22.6. The number of fused-ring (bicyclic) bond motifs is 3. The Morgan fingerprint density at radius 3 is 2.65 bits per heavy atom. The highest BCUT2D eigenvalue weighted by atomic mass is 35.5. The van der Waals surface area contributed by atoms with E-state index < -0.39 is 6.17 Å². The Kier molecular flexibility index (Phi) is 5.13. The van der Waals surface area contributed by atoms with E-state index in [0.29, 0.717) is 16.6 Å². The number of hydrogen-bond donors (Lipinski definition) is 3. The van der Waals surface area contributed by atoms with Crippen LogP contribution in [0.4, 0.5) is 5.69 Å². The van der Waals surface area contributed by atoms with Crippen LogP contribution < -0.4 is 15.6 Å². The molecule has 3 N–H and O–H groups in total. The fraction of sp³-hybridized carbons (Fsp3) is 0.0870. The fourth-order valence-electron chi connectivity index (χ4n) is 3.60. The molecule has 0 saturated carbocycles. The summed E-state index contributed by atoms with van der Waals surface area (Å²) in [5.74, 6) is 0.688. The molecule has 0 fully saturated rings. The predicted octanol–water partition coefficient (Wildman–Crippen LogP) is 4.35. The molecule has 1 aromatic heterocycles. The molecule has 0 spiro atoms. The molecule has 5 rings (SSSR count). The first-order chi connectivity index (χ1) is 15.1. The van der Waals surface area contributed by atoms with Crippen molar-refractivity contribution in [1.29, 1.82) is 0 Å². The second-order valence-electron chi connectivity index (χ2n) is 7.13. The van der Waals surface area contributed by atoms with E-state index in [1.165, 1.54) is 11.8 Å². The quantitative estimate of drug-likeness (QED) is 0.319. The van der Waals surface area contributed by atoms with Crippen molar-refractivity contribution in [3.05, 3.63) is 99.3 Å². The van der Waals surface area contributed by atoms with Crippen molar-refractivity contribution in [3.8, 4) is 17.0 Å². The normalized spacial score (nSPS) is 14.4. The van der Waals surface area contributed by atoms with Gasteiger partial charge in [0.15, 0.2) is 0 Å². The first-order valence-corrected chi connectivity index (χ1v) is 11.0. The number of thioether (sulfide) groups is 1. The molecule has 1 atom stereocenters. The van der Waals surface area contributed by atoms with Gasteiger partial charge in [0.1, 0.15) is 5.75 Å². The highest BCUT2D eigenvalue weighted by Crippen LogP contribution is 2.33. The lowest BCUT2D eigenvalue weighted by molar-refractivity contribution is -0.759. The molecular weight excluding hydrogens is 432 g/mol. The van der Waals surface area contributed by atoms with Crippen LogP contribution in [0.15, 0.2) is 82.7 Å². The molecule has 0 aliphatic carbocycles. The van der Waals surface area contributed by atoms with E-state index in [0.717, 1.165) is 22.4 Å². The van der Waals surface area contributed by atoms with E-state index in [9.17, 15) is 9.90 Å². The van der Waals surface area contributed by atoms with Gasteiger partial charge in [-0.1, -0.05) is 65.8 Å². The van der Waals surface area contributed by atoms with Gasteiger partial charge in [0.25, 0.3) is 6.17 Å². The standard InChI is InChI=1S/C23H17ClN4O2S/c24-17-12-15(10-11-19(17)29)21-25-18-9-5-4-8-16(18)20-22(30)26-23(27-28(20)21)31-13-14-6-2-1-3-7-14/h1-12,21H,13H2,(H2,26,27,29,30)/p+1/t21-/m0/s1. The summed E-state index contributed by atoms with van der Waals surface area (Å²) < 4.78 is 1.69. The van der Waals surface area contributed by atoms with Crippen LogP contribution in [-0.2, 0) is 5.75 Å². The number of nitrogens with one attached hydrogen (secondary N) is 2. The zero-order chi connectivity index (χ0) is 21.4. The predicted molar refractivity (Wildman–Crippen MR) is 121 cm³/mol. The van der Waals surface area contributed by atoms with Gasteiger partial charge in [0.2, 0.25) is 5.16 Å². The summed E-state index contributed by atoms with van der Waals surface area (Å²) in [5, 5.41) is 18.8. The first kappa shape index (κ1) is 19.7. The second kappa shape index (κ2) is 8.09. The van der Waals surface area contributed by atoms with E-state index in [2.05, 4.69) is 10.3 Å². The minimum Gasteiger partial charge on any atom is -0.506 e. The summed E-state index contributed by atoms with van der Waals surface area (Å²) in [4.78, 5) is 16.1. The molecule has 31 heavy (non-hydrogen) atoms. The zero-order valence-electron chi connectivity index (χ0n) is 16.2. The molecule has 1 aliphatic rings. The maximum absolute atomic E-state index is 13.1. The number of halogens is 1. The molecule has 8 heteroatoms. The lowest BCUT2D eigenvalue weighted by Crippen LogP contribution is -2.55. The summed E-state index contributed by atoms with van der Waals surface area (Å²) >= 11 is 7.62. The van der Waals surface area contributed by atoms with Gasteiger partial charge in [-0.05, 0) is 40.6 Å². The highest BCUT2D eigenvalue weighted by molar-refractivity contribution is 7.98. The minimum absolute atomic E-state index is 0.00447. The number of hydrogen-bond acceptors (Lipinski definition) is 5. The molecule has 0 unspecified atom stereocenters. The molecule has 1 aliphatic heterocycles. The fourth-order valence-corrected chi connectivity index (χ4v) is 4.59. The lowest BCUT2D eigenvalue weighted by Gasteiger charge is -2.22. The molecule has 4 aromatic rings. The van der Waals surface area contributed by atoms with Gasteiger partial charge in [-0.2, -0.15) is 0 Å². The lowest BCUT2D eigenvalue weighted by atomic mass is 10.0. The Morgan fingerprint density at radius 2 is 1.84 bits per heavy atom. The second-order valence-corrected chi connectivity index (χ2v) is 8.50. The molecule has 0 bridgehead atoms. The van der Waals surface area contributed by atoms with Crippen molar-refractivity contribution in [3.63, 3.8) is 0 Å². The number of benzene rings is 3. The minimum atomic E-state index is -0.457. The Labute approximate surface area is 187 Å². The Balaban J connectivity index is 1.61. The molecule has 6 nitrogen and oxygen atoms in total. The highest BCUT2D eigenvalue weighted by Gasteiger charge is 2.37. The SMILES string of the molecule is O=c1[nH]c(SCc2ccccc2)n[n+]2c1-c1ccccc1N[C@@H]2c1ccc(O)c(Cl)c1. The van der Waals surface area contributed by atoms with Gasteiger partial charge in [0.05, 0.1) is 16.3 Å². The van der Waals surface area contributed by atoms with Crippen LogP contribution in [0.25, 0.3) is 11.3 Å². The number of para-hydroxylation sites is 1. The van der Waals surface area contributed by atoms with E-state index in [1.54, 1.807) is 22.9 Å². The number of aromatic nitrogens is 3. The van der Waals surface area contributed by atoms with Crippen molar-refractivity contribution in [1.82, 2.24) is 10.1 Å². The van der Waals surface area contributed by atoms with E-state index in [-0.39, 0.29) is 16.3 Å². The maximum Gasteiger partial charge on any atom is 0.325 e. The van der Waals surface area contributed by atoms with Crippen LogP contribution in [0, 0.1) is 0 Å². The largest absolute Gasteiger partial charge is 0.506 e. The number of phenols is 1. The van der Waals surface area contributed by atoms with Crippen molar-refractivity contribution >= 4 is 29.1 Å². The van der Waals surface area contributed by atoms with Gasteiger partial charge < -0.3 is 10.4 Å². The molecule has 0 saturated heterocycles. The number of anilines is 1. The molecule has 154 valence electrons. The van der Waals surface area contributed by atoms with Crippen LogP contribution in [0.3, 0.4) is 0 Å². The van der Waals surface area contributed by atoms with Gasteiger partial charge in [0, 0.05) is 16.4 Å². The third-order valence-corrected chi connectivity index (χ3v) is 6.33. The van der Waals surface area contributed by atoms with E-state index >= 15 is 0 Å². The van der Waals surface area contributed by atoms with Crippen molar-refractivity contribution in [2.24, 2.45) is 0 Å². The smallest absolute Gasteiger partial charge is 0.325 e. The first-order valence-electron chi connectivity index (χ1n) is 9.67. The number of H-pyrrole nitrogens is 1. The molecular formula is C23H18ClN4O2S+. The summed E-state index contributed by atoms with van der Waals surface area (Å²) in [6.07, 6.45) is -0.457. The van der Waals surface area contributed by atoms with Crippen LogP contribution in [0.5, 0.6) is 5.75 Å². The van der Waals surface area contributed by atoms with Gasteiger partial charge >= 0.3 is 11.3 Å². The van der Waals surface area contributed by atoms with Crippen LogP contribution in [0.2, 0.25) is 5.02 Å². The Morgan fingerprint density at radius 1 is 1.06 bits per heavy atom. The molecule has 2 heterocycles. The number of aromatic hydroxyl groups is 1. The average molecular weight is 450 g/mol. The number of phenolic OH excluding ortho intramolecular Hbond substituents is 1. The van der Waals surface area contributed by atoms with Crippen molar-refractivity contribution in [2.45, 2.75) is 17.1 Å². The maximum atomic E-state index is 13.1. The van der Waals surface area contributed by atoms with E-state index in [4.69, 9.17) is 16.7 Å². The topological polar surface area (TPSA) is 81.9 Å². The molecule has 0 radical (unpaired) electrons. The van der Waals surface area contributed by atoms with Gasteiger partial charge in [-0.15, -0.1) is 0 Å².